The normalized spacial score (nSPS) is 16.0. The van der Waals surface area contributed by atoms with Gasteiger partial charge in [0.15, 0.2) is 0 Å². The Labute approximate surface area is 209 Å². The second-order valence-corrected chi connectivity index (χ2v) is 9.54. The van der Waals surface area contributed by atoms with Gasteiger partial charge in [-0.1, -0.05) is 18.2 Å². The van der Waals surface area contributed by atoms with Gasteiger partial charge in [0.1, 0.15) is 23.7 Å². The number of hydrogen-bond acceptors (Lipinski definition) is 5. The maximum Gasteiger partial charge on any atom is 0.222 e. The Kier molecular flexibility index (Phi) is 5.78. The maximum absolute atomic E-state index is 14.8. The number of anilines is 1. The minimum Gasteiger partial charge on any atom is -0.490 e. The fourth-order valence-corrected chi connectivity index (χ4v) is 5.26. The number of likely N-dealkylation sites (N-methyl/N-ethyl adjacent to an activating group) is 1. The van der Waals surface area contributed by atoms with E-state index in [9.17, 15) is 4.39 Å². The van der Waals surface area contributed by atoms with Crippen molar-refractivity contribution in [3.05, 3.63) is 66.2 Å². The lowest BCUT2D eigenvalue weighted by Crippen LogP contribution is -2.29. The summed E-state index contributed by atoms with van der Waals surface area (Å²) >= 11 is 0. The van der Waals surface area contributed by atoms with Gasteiger partial charge < -0.3 is 19.5 Å². The van der Waals surface area contributed by atoms with Crippen LogP contribution in [-0.2, 0) is 6.54 Å². The van der Waals surface area contributed by atoms with E-state index in [1.54, 1.807) is 6.07 Å². The van der Waals surface area contributed by atoms with Crippen LogP contribution in [0.15, 0.2) is 48.9 Å². The number of aromatic nitrogens is 3. The summed E-state index contributed by atoms with van der Waals surface area (Å²) in [6.07, 6.45) is 6.00. The van der Waals surface area contributed by atoms with Crippen LogP contribution in [0.25, 0.3) is 38.3 Å². The minimum atomic E-state index is -0.546. The zero-order valence-electron chi connectivity index (χ0n) is 20.2. The highest BCUT2D eigenvalue weighted by Crippen LogP contribution is 2.41. The first-order valence-corrected chi connectivity index (χ1v) is 12.3. The van der Waals surface area contributed by atoms with Crippen molar-refractivity contribution in [2.24, 2.45) is 5.92 Å². The standard InChI is InChI=1S/C28H27FN6O/c1-30-22-5-3-19(13-21(22)29)26-27(20-4-6-23-25(14-20)36-12-11-34(23)2)32-15-24-28(26)33-17-35(24)16-18-7-9-31-10-8-18/h3-6,13-15,17-18,31H,7-12,16H2,2H3. The molecule has 4 heterocycles. The number of ether oxygens (including phenoxy) is 1. The highest BCUT2D eigenvalue weighted by molar-refractivity contribution is 5.99. The number of fused-ring (bicyclic) bond motifs is 2. The quantitative estimate of drug-likeness (QED) is 0.401. The minimum absolute atomic E-state index is 0.00193. The number of hydrogen-bond donors (Lipinski definition) is 1. The number of piperidine rings is 1. The van der Waals surface area contributed by atoms with Crippen LogP contribution in [0.3, 0.4) is 0 Å². The zero-order valence-corrected chi connectivity index (χ0v) is 20.2. The van der Waals surface area contributed by atoms with Crippen LogP contribution in [0.1, 0.15) is 12.8 Å². The molecule has 7 nitrogen and oxygen atoms in total. The molecule has 2 aromatic heterocycles. The van der Waals surface area contributed by atoms with Gasteiger partial charge in [-0.05, 0) is 55.6 Å². The third-order valence-electron chi connectivity index (χ3n) is 7.27. The molecule has 2 aromatic carbocycles. The van der Waals surface area contributed by atoms with Gasteiger partial charge in [0.05, 0.1) is 42.5 Å². The van der Waals surface area contributed by atoms with Gasteiger partial charge >= 0.3 is 0 Å². The van der Waals surface area contributed by atoms with Crippen LogP contribution in [-0.4, -0.2) is 47.8 Å². The maximum atomic E-state index is 14.8. The first-order valence-electron chi connectivity index (χ1n) is 12.3. The summed E-state index contributed by atoms with van der Waals surface area (Å²) in [6, 6.07) is 10.8. The van der Waals surface area contributed by atoms with Gasteiger partial charge in [-0.15, -0.1) is 0 Å². The second-order valence-electron chi connectivity index (χ2n) is 9.54. The van der Waals surface area contributed by atoms with Gasteiger partial charge in [0.2, 0.25) is 5.69 Å². The third-order valence-corrected chi connectivity index (χ3v) is 7.27. The Bertz CT molecular complexity index is 1480. The van der Waals surface area contributed by atoms with Gasteiger partial charge in [-0.2, -0.15) is 0 Å². The molecule has 0 spiro atoms. The molecule has 2 aliphatic rings. The van der Waals surface area contributed by atoms with Gasteiger partial charge in [0.25, 0.3) is 0 Å². The van der Waals surface area contributed by atoms with E-state index in [1.165, 1.54) is 12.1 Å². The largest absolute Gasteiger partial charge is 0.490 e. The van der Waals surface area contributed by atoms with E-state index in [4.69, 9.17) is 21.3 Å². The molecule has 0 saturated carbocycles. The van der Waals surface area contributed by atoms with Crippen molar-refractivity contribution >= 4 is 22.4 Å². The number of imidazole rings is 1. The van der Waals surface area contributed by atoms with E-state index in [0.717, 1.165) is 72.6 Å². The van der Waals surface area contributed by atoms with Crippen LogP contribution in [0, 0.1) is 18.3 Å². The SMILES string of the molecule is [C-]#[N+]c1ccc(-c2c(-c3ccc4c(c3)OCCN4C)ncc3c2ncn3CC2CCNCC2)cc1F. The predicted octanol–water partition coefficient (Wildman–Crippen LogP) is 5.28. The van der Waals surface area contributed by atoms with E-state index in [1.807, 2.05) is 37.8 Å². The molecule has 4 aromatic rings. The van der Waals surface area contributed by atoms with E-state index < -0.39 is 5.82 Å². The van der Waals surface area contributed by atoms with Gasteiger partial charge in [-0.25, -0.2) is 14.2 Å². The topological polar surface area (TPSA) is 59.6 Å². The lowest BCUT2D eigenvalue weighted by Gasteiger charge is -2.28. The average Bonchev–Trinajstić information content (AvgIpc) is 3.31. The molecule has 0 aliphatic carbocycles. The molecule has 6 rings (SSSR count). The van der Waals surface area contributed by atoms with Gasteiger partial charge in [-0.3, -0.25) is 4.98 Å². The van der Waals surface area contributed by atoms with E-state index in [0.29, 0.717) is 23.8 Å². The highest BCUT2D eigenvalue weighted by Gasteiger charge is 2.22. The predicted molar refractivity (Wildman–Crippen MR) is 139 cm³/mol. The lowest BCUT2D eigenvalue weighted by atomic mass is 9.96. The summed E-state index contributed by atoms with van der Waals surface area (Å²) in [5.41, 5.74) is 5.74. The van der Waals surface area contributed by atoms with Crippen molar-refractivity contribution in [3.63, 3.8) is 0 Å². The van der Waals surface area contributed by atoms with Crippen LogP contribution < -0.4 is 15.0 Å². The third kappa shape index (κ3) is 3.95. The monoisotopic (exact) mass is 482 g/mol. The molecule has 0 bridgehead atoms. The molecule has 36 heavy (non-hydrogen) atoms. The van der Waals surface area contributed by atoms with Crippen molar-refractivity contribution in [1.82, 2.24) is 19.9 Å². The molecule has 182 valence electrons. The summed E-state index contributed by atoms with van der Waals surface area (Å²) in [5, 5.41) is 3.42. The number of halogens is 1. The molecule has 8 heteroatoms. The number of rotatable bonds is 4. The number of benzene rings is 2. The molecule has 0 atom stereocenters. The zero-order chi connectivity index (χ0) is 24.6. The summed E-state index contributed by atoms with van der Waals surface area (Å²) in [5.74, 6) is 0.840. The Balaban J connectivity index is 1.51. The summed E-state index contributed by atoms with van der Waals surface area (Å²) in [4.78, 5) is 15.2. The summed E-state index contributed by atoms with van der Waals surface area (Å²) in [6.45, 7) is 11.6. The first kappa shape index (κ1) is 22.5. The fourth-order valence-electron chi connectivity index (χ4n) is 5.26. The number of nitrogens with one attached hydrogen (secondary N) is 1. The highest BCUT2D eigenvalue weighted by atomic mass is 19.1. The molecular weight excluding hydrogens is 455 g/mol. The summed E-state index contributed by atoms with van der Waals surface area (Å²) < 4.78 is 22.9. The molecule has 1 N–H and O–H groups in total. The van der Waals surface area contributed by atoms with Crippen molar-refractivity contribution < 1.29 is 9.13 Å². The molecular formula is C28H27FN6O. The Morgan fingerprint density at radius 2 is 1.97 bits per heavy atom. The second kappa shape index (κ2) is 9.25. The Morgan fingerprint density at radius 1 is 1.14 bits per heavy atom. The Morgan fingerprint density at radius 3 is 2.78 bits per heavy atom. The van der Waals surface area contributed by atoms with Crippen molar-refractivity contribution in [3.8, 4) is 28.1 Å². The molecule has 0 amide bonds. The molecule has 2 aliphatic heterocycles. The van der Waals surface area contributed by atoms with Crippen LogP contribution >= 0.6 is 0 Å². The van der Waals surface area contributed by atoms with Crippen LogP contribution in [0.5, 0.6) is 5.75 Å². The van der Waals surface area contributed by atoms with Crippen molar-refractivity contribution in [2.75, 3.05) is 38.2 Å². The van der Waals surface area contributed by atoms with E-state index >= 15 is 0 Å². The van der Waals surface area contributed by atoms with Crippen molar-refractivity contribution in [2.45, 2.75) is 19.4 Å². The Hall–Kier alpha value is -3.96. The van der Waals surface area contributed by atoms with Crippen LogP contribution in [0.4, 0.5) is 15.8 Å². The molecule has 0 radical (unpaired) electrons. The molecule has 1 saturated heterocycles. The average molecular weight is 483 g/mol. The molecule has 1 fully saturated rings. The smallest absolute Gasteiger partial charge is 0.222 e. The molecule has 0 unspecified atom stereocenters. The van der Waals surface area contributed by atoms with E-state index in [2.05, 4.69) is 19.6 Å². The van der Waals surface area contributed by atoms with Crippen molar-refractivity contribution in [1.29, 1.82) is 0 Å². The number of pyridine rings is 1. The van der Waals surface area contributed by atoms with E-state index in [-0.39, 0.29) is 5.69 Å². The van der Waals surface area contributed by atoms with Crippen LogP contribution in [0.2, 0.25) is 0 Å². The summed E-state index contributed by atoms with van der Waals surface area (Å²) in [7, 11) is 2.05. The number of nitrogens with zero attached hydrogens (tertiary/aromatic N) is 5. The lowest BCUT2D eigenvalue weighted by molar-refractivity contribution is 0.311. The first-order chi connectivity index (χ1) is 17.6. The van der Waals surface area contributed by atoms with Gasteiger partial charge in [0, 0.05) is 24.7 Å². The fraction of sp³-hybridized carbons (Fsp3) is 0.321.